The van der Waals surface area contributed by atoms with Crippen LogP contribution in [0.25, 0.3) is 0 Å². The summed E-state index contributed by atoms with van der Waals surface area (Å²) in [5, 5.41) is 3.30. The van der Waals surface area contributed by atoms with Crippen LogP contribution >= 0.6 is 11.3 Å². The third-order valence-electron chi connectivity index (χ3n) is 3.77. The van der Waals surface area contributed by atoms with Gasteiger partial charge in [-0.25, -0.2) is 4.98 Å². The van der Waals surface area contributed by atoms with Crippen molar-refractivity contribution in [2.45, 2.75) is 19.5 Å². The van der Waals surface area contributed by atoms with Gasteiger partial charge in [0.15, 0.2) is 0 Å². The van der Waals surface area contributed by atoms with Gasteiger partial charge >= 0.3 is 0 Å². The van der Waals surface area contributed by atoms with Gasteiger partial charge in [0.1, 0.15) is 5.01 Å². The van der Waals surface area contributed by atoms with E-state index in [0.29, 0.717) is 0 Å². The van der Waals surface area contributed by atoms with E-state index in [-0.39, 0.29) is 0 Å². The summed E-state index contributed by atoms with van der Waals surface area (Å²) in [6.07, 6.45) is 3.15. The van der Waals surface area contributed by atoms with Crippen LogP contribution < -0.4 is 0 Å². The summed E-state index contributed by atoms with van der Waals surface area (Å²) in [5.74, 6) is 0. The lowest BCUT2D eigenvalue weighted by Crippen LogP contribution is -2.30. The molecule has 0 aliphatic carbocycles. The molecule has 2 aromatic rings. The molecule has 20 heavy (non-hydrogen) atoms. The van der Waals surface area contributed by atoms with E-state index in [1.807, 2.05) is 6.20 Å². The number of nitrogens with zero attached hydrogens (tertiary/aromatic N) is 3. The Morgan fingerprint density at radius 1 is 0.950 bits per heavy atom. The quantitative estimate of drug-likeness (QED) is 0.862. The number of benzene rings is 1. The van der Waals surface area contributed by atoms with Crippen molar-refractivity contribution < 1.29 is 0 Å². The molecule has 106 valence electrons. The van der Waals surface area contributed by atoms with Crippen molar-refractivity contribution >= 4 is 11.3 Å². The molecule has 0 unspecified atom stereocenters. The van der Waals surface area contributed by atoms with E-state index in [4.69, 9.17) is 0 Å². The van der Waals surface area contributed by atoms with Gasteiger partial charge in [-0.15, -0.1) is 11.3 Å². The Morgan fingerprint density at radius 2 is 1.70 bits per heavy atom. The van der Waals surface area contributed by atoms with Gasteiger partial charge in [0, 0.05) is 31.2 Å². The van der Waals surface area contributed by atoms with E-state index < -0.39 is 0 Å². The van der Waals surface area contributed by atoms with Crippen LogP contribution in [0, 0.1) is 0 Å². The molecule has 2 heterocycles. The average Bonchev–Trinajstić information content (AvgIpc) is 2.88. The summed E-state index contributed by atoms with van der Waals surface area (Å²) in [7, 11) is 0. The molecule has 3 rings (SSSR count). The van der Waals surface area contributed by atoms with Gasteiger partial charge in [0.25, 0.3) is 0 Å². The minimum Gasteiger partial charge on any atom is -0.298 e. The van der Waals surface area contributed by atoms with Crippen molar-refractivity contribution in [1.29, 1.82) is 0 Å². The van der Waals surface area contributed by atoms with Crippen molar-refractivity contribution in [2.24, 2.45) is 0 Å². The lowest BCUT2D eigenvalue weighted by Gasteiger charge is -2.21. The highest BCUT2D eigenvalue weighted by molar-refractivity contribution is 7.09. The molecule has 0 radical (unpaired) electrons. The molecule has 0 N–H and O–H groups in total. The first-order valence-corrected chi connectivity index (χ1v) is 8.15. The summed E-state index contributed by atoms with van der Waals surface area (Å²) in [6, 6.07) is 10.8. The second kappa shape index (κ2) is 6.97. The van der Waals surface area contributed by atoms with E-state index in [2.05, 4.69) is 50.5 Å². The Balaban J connectivity index is 1.51. The fraction of sp³-hybridized carbons (Fsp3) is 0.438. The Hall–Kier alpha value is -1.23. The van der Waals surface area contributed by atoms with Gasteiger partial charge in [0.05, 0.1) is 6.54 Å². The molecule has 4 heteroatoms. The summed E-state index contributed by atoms with van der Waals surface area (Å²) >= 11 is 1.76. The van der Waals surface area contributed by atoms with Crippen LogP contribution in [0.3, 0.4) is 0 Å². The Bertz CT molecular complexity index is 498. The van der Waals surface area contributed by atoms with Crippen LogP contribution in [0.2, 0.25) is 0 Å². The standard InChI is InChI=1S/C16H21N3S/c1-2-5-15(6-3-1)13-18-8-4-9-19(11-10-18)14-16-17-7-12-20-16/h1-3,5-7,12H,4,8-11,13-14H2. The van der Waals surface area contributed by atoms with E-state index in [0.717, 1.165) is 26.2 Å². The maximum absolute atomic E-state index is 4.39. The molecule has 1 aliphatic heterocycles. The topological polar surface area (TPSA) is 19.4 Å². The zero-order chi connectivity index (χ0) is 13.6. The highest BCUT2D eigenvalue weighted by atomic mass is 32.1. The Morgan fingerprint density at radius 3 is 2.40 bits per heavy atom. The molecule has 1 aromatic carbocycles. The van der Waals surface area contributed by atoms with E-state index in [9.17, 15) is 0 Å². The molecule has 0 amide bonds. The van der Waals surface area contributed by atoms with Crippen LogP contribution in [0.1, 0.15) is 17.0 Å². The second-order valence-corrected chi connectivity index (χ2v) is 6.30. The highest BCUT2D eigenvalue weighted by Gasteiger charge is 2.15. The monoisotopic (exact) mass is 287 g/mol. The van der Waals surface area contributed by atoms with Gasteiger partial charge in [0.2, 0.25) is 0 Å². The van der Waals surface area contributed by atoms with E-state index >= 15 is 0 Å². The molecule has 1 fully saturated rings. The number of aromatic nitrogens is 1. The fourth-order valence-electron chi connectivity index (χ4n) is 2.70. The van der Waals surface area contributed by atoms with Crippen molar-refractivity contribution in [3.05, 3.63) is 52.5 Å². The first-order chi connectivity index (χ1) is 9.90. The number of hydrogen-bond acceptors (Lipinski definition) is 4. The lowest BCUT2D eigenvalue weighted by molar-refractivity contribution is 0.247. The molecule has 0 bridgehead atoms. The smallest absolute Gasteiger partial charge is 0.107 e. The van der Waals surface area contributed by atoms with Crippen molar-refractivity contribution in [3.63, 3.8) is 0 Å². The minimum atomic E-state index is 1.01. The first-order valence-electron chi connectivity index (χ1n) is 7.27. The molecule has 1 aromatic heterocycles. The SMILES string of the molecule is c1ccc(CN2CCCN(Cc3nccs3)CC2)cc1. The van der Waals surface area contributed by atoms with Crippen LogP contribution in [0.15, 0.2) is 41.9 Å². The first kappa shape index (κ1) is 13.7. The van der Waals surface area contributed by atoms with Crippen molar-refractivity contribution in [2.75, 3.05) is 26.2 Å². The van der Waals surface area contributed by atoms with E-state index in [1.165, 1.54) is 30.1 Å². The molecule has 0 atom stereocenters. The van der Waals surface area contributed by atoms with Crippen molar-refractivity contribution in [3.8, 4) is 0 Å². The summed E-state index contributed by atoms with van der Waals surface area (Å²) in [6.45, 7) is 6.77. The Kier molecular flexibility index (Phi) is 4.79. The Labute approximate surface area is 124 Å². The maximum Gasteiger partial charge on any atom is 0.107 e. The summed E-state index contributed by atoms with van der Waals surface area (Å²) < 4.78 is 0. The molecule has 3 nitrogen and oxygen atoms in total. The fourth-order valence-corrected chi connectivity index (χ4v) is 3.36. The molecule has 1 aliphatic rings. The number of hydrogen-bond donors (Lipinski definition) is 0. The van der Waals surface area contributed by atoms with Crippen LogP contribution in [0.4, 0.5) is 0 Å². The van der Waals surface area contributed by atoms with Crippen LogP contribution in [-0.4, -0.2) is 41.0 Å². The molecule has 0 saturated carbocycles. The lowest BCUT2D eigenvalue weighted by atomic mass is 10.2. The number of thiazole rings is 1. The highest BCUT2D eigenvalue weighted by Crippen LogP contribution is 2.12. The third-order valence-corrected chi connectivity index (χ3v) is 4.54. The third kappa shape index (κ3) is 3.88. The van der Waals surface area contributed by atoms with Crippen LogP contribution in [-0.2, 0) is 13.1 Å². The summed E-state index contributed by atoms with van der Waals surface area (Å²) in [4.78, 5) is 9.49. The predicted octanol–water partition coefficient (Wildman–Crippen LogP) is 2.85. The zero-order valence-corrected chi connectivity index (χ0v) is 12.6. The second-order valence-electron chi connectivity index (χ2n) is 5.32. The number of rotatable bonds is 4. The molecule has 1 saturated heterocycles. The van der Waals surface area contributed by atoms with Gasteiger partial charge in [-0.1, -0.05) is 30.3 Å². The zero-order valence-electron chi connectivity index (χ0n) is 11.7. The summed E-state index contributed by atoms with van der Waals surface area (Å²) in [5.41, 5.74) is 1.42. The minimum absolute atomic E-state index is 1.01. The molecule has 0 spiro atoms. The average molecular weight is 287 g/mol. The van der Waals surface area contributed by atoms with Crippen molar-refractivity contribution in [1.82, 2.24) is 14.8 Å². The molecular formula is C16H21N3S. The predicted molar refractivity (Wildman–Crippen MR) is 83.7 cm³/mol. The largest absolute Gasteiger partial charge is 0.298 e. The van der Waals surface area contributed by atoms with Crippen LogP contribution in [0.5, 0.6) is 0 Å². The molecular weight excluding hydrogens is 266 g/mol. The normalized spacial score (nSPS) is 18.0. The van der Waals surface area contributed by atoms with Gasteiger partial charge in [-0.2, -0.15) is 0 Å². The van der Waals surface area contributed by atoms with Gasteiger partial charge in [-0.3, -0.25) is 9.80 Å². The van der Waals surface area contributed by atoms with Gasteiger partial charge < -0.3 is 0 Å². The van der Waals surface area contributed by atoms with E-state index in [1.54, 1.807) is 11.3 Å². The maximum atomic E-state index is 4.39. The van der Waals surface area contributed by atoms with Gasteiger partial charge in [-0.05, 0) is 25.1 Å².